The summed E-state index contributed by atoms with van der Waals surface area (Å²) >= 11 is 0. The molecule has 88 valence electrons. The SMILES string of the molecule is CO[C@H]1CC[C@@](C)(c2ccc(F)cc2)CC1. The predicted molar refractivity (Wildman–Crippen MR) is 63.0 cm³/mol. The maximum absolute atomic E-state index is 12.9. The van der Waals surface area contributed by atoms with E-state index in [1.807, 2.05) is 12.1 Å². The van der Waals surface area contributed by atoms with E-state index in [-0.39, 0.29) is 11.2 Å². The maximum Gasteiger partial charge on any atom is 0.123 e. The second kappa shape index (κ2) is 4.54. The van der Waals surface area contributed by atoms with Gasteiger partial charge in [-0.2, -0.15) is 0 Å². The van der Waals surface area contributed by atoms with Crippen molar-refractivity contribution in [2.24, 2.45) is 0 Å². The normalized spacial score (nSPS) is 30.3. The smallest absolute Gasteiger partial charge is 0.123 e. The largest absolute Gasteiger partial charge is 0.381 e. The number of benzene rings is 1. The zero-order chi connectivity index (χ0) is 11.6. The van der Waals surface area contributed by atoms with Crippen LogP contribution in [0, 0.1) is 5.82 Å². The number of methoxy groups -OCH3 is 1. The topological polar surface area (TPSA) is 9.23 Å². The molecule has 0 atom stereocenters. The molecule has 1 saturated carbocycles. The lowest BCUT2D eigenvalue weighted by molar-refractivity contribution is 0.0516. The number of ether oxygens (including phenoxy) is 1. The molecular weight excluding hydrogens is 203 g/mol. The van der Waals surface area contributed by atoms with Crippen molar-refractivity contribution < 1.29 is 9.13 Å². The maximum atomic E-state index is 12.9. The quantitative estimate of drug-likeness (QED) is 0.741. The van der Waals surface area contributed by atoms with E-state index in [9.17, 15) is 4.39 Å². The van der Waals surface area contributed by atoms with E-state index in [1.54, 1.807) is 19.2 Å². The Labute approximate surface area is 96.6 Å². The molecule has 1 aromatic carbocycles. The van der Waals surface area contributed by atoms with E-state index >= 15 is 0 Å². The van der Waals surface area contributed by atoms with Crippen molar-refractivity contribution in [3.05, 3.63) is 35.6 Å². The highest BCUT2D eigenvalue weighted by Gasteiger charge is 2.32. The molecule has 0 saturated heterocycles. The van der Waals surface area contributed by atoms with Crippen molar-refractivity contribution in [2.75, 3.05) is 7.11 Å². The van der Waals surface area contributed by atoms with Crippen LogP contribution in [-0.2, 0) is 10.2 Å². The summed E-state index contributed by atoms with van der Waals surface area (Å²) in [5.74, 6) is -0.155. The van der Waals surface area contributed by atoms with Gasteiger partial charge in [-0.3, -0.25) is 0 Å². The minimum atomic E-state index is -0.155. The summed E-state index contributed by atoms with van der Waals surface area (Å²) in [4.78, 5) is 0. The molecule has 0 spiro atoms. The van der Waals surface area contributed by atoms with E-state index in [1.165, 1.54) is 5.56 Å². The fourth-order valence-corrected chi connectivity index (χ4v) is 2.61. The average molecular weight is 222 g/mol. The second-order valence-electron chi connectivity index (χ2n) is 5.00. The van der Waals surface area contributed by atoms with Gasteiger partial charge in [0.25, 0.3) is 0 Å². The molecular formula is C14H19FO. The summed E-state index contributed by atoms with van der Waals surface area (Å²) in [6.07, 6.45) is 4.86. The van der Waals surface area contributed by atoms with Crippen molar-refractivity contribution in [3.8, 4) is 0 Å². The van der Waals surface area contributed by atoms with Gasteiger partial charge in [0.1, 0.15) is 5.82 Å². The molecule has 0 aliphatic heterocycles. The van der Waals surface area contributed by atoms with Gasteiger partial charge >= 0.3 is 0 Å². The van der Waals surface area contributed by atoms with Crippen LogP contribution in [-0.4, -0.2) is 13.2 Å². The van der Waals surface area contributed by atoms with E-state index in [2.05, 4.69) is 6.92 Å². The third-order valence-corrected chi connectivity index (χ3v) is 3.91. The molecule has 0 heterocycles. The zero-order valence-corrected chi connectivity index (χ0v) is 10.0. The van der Waals surface area contributed by atoms with Gasteiger partial charge in [-0.25, -0.2) is 4.39 Å². The Morgan fingerprint density at radius 1 is 1.19 bits per heavy atom. The van der Waals surface area contributed by atoms with E-state index in [4.69, 9.17) is 4.74 Å². The first-order valence-electron chi connectivity index (χ1n) is 5.93. The van der Waals surface area contributed by atoms with Crippen molar-refractivity contribution >= 4 is 0 Å². The summed E-state index contributed by atoms with van der Waals surface area (Å²) in [6.45, 7) is 2.27. The third-order valence-electron chi connectivity index (χ3n) is 3.91. The van der Waals surface area contributed by atoms with Gasteiger partial charge in [-0.1, -0.05) is 19.1 Å². The second-order valence-corrected chi connectivity index (χ2v) is 5.00. The predicted octanol–water partition coefficient (Wildman–Crippen LogP) is 3.67. The minimum Gasteiger partial charge on any atom is -0.381 e. The van der Waals surface area contributed by atoms with Gasteiger partial charge in [0.15, 0.2) is 0 Å². The summed E-state index contributed by atoms with van der Waals surface area (Å²) in [7, 11) is 1.78. The highest BCUT2D eigenvalue weighted by molar-refractivity contribution is 5.25. The van der Waals surface area contributed by atoms with E-state index in [0.29, 0.717) is 6.10 Å². The lowest BCUT2D eigenvalue weighted by atomic mass is 9.70. The minimum absolute atomic E-state index is 0.155. The molecule has 1 fully saturated rings. The Morgan fingerprint density at radius 3 is 2.25 bits per heavy atom. The van der Waals surface area contributed by atoms with Crippen LogP contribution in [0.25, 0.3) is 0 Å². The Hall–Kier alpha value is -0.890. The monoisotopic (exact) mass is 222 g/mol. The van der Waals surface area contributed by atoms with Crippen molar-refractivity contribution in [1.29, 1.82) is 0 Å². The van der Waals surface area contributed by atoms with E-state index < -0.39 is 0 Å². The summed E-state index contributed by atoms with van der Waals surface area (Å²) in [6, 6.07) is 6.96. The number of halogens is 1. The molecule has 1 aliphatic carbocycles. The Bertz CT molecular complexity index is 336. The first-order chi connectivity index (χ1) is 7.64. The van der Waals surface area contributed by atoms with Crippen molar-refractivity contribution in [1.82, 2.24) is 0 Å². The van der Waals surface area contributed by atoms with Crippen LogP contribution in [0.4, 0.5) is 4.39 Å². The van der Waals surface area contributed by atoms with Crippen LogP contribution in [0.3, 0.4) is 0 Å². The van der Waals surface area contributed by atoms with E-state index in [0.717, 1.165) is 25.7 Å². The number of rotatable bonds is 2. The molecule has 0 amide bonds. The molecule has 0 radical (unpaired) electrons. The first kappa shape index (κ1) is 11.6. The standard InChI is InChI=1S/C14H19FO/c1-14(9-7-13(16-2)8-10-14)11-3-5-12(15)6-4-11/h3-6,13H,7-10H2,1-2H3/t13-,14+. The van der Waals surface area contributed by atoms with Crippen LogP contribution in [0.2, 0.25) is 0 Å². The van der Waals surface area contributed by atoms with Gasteiger partial charge in [0.2, 0.25) is 0 Å². The van der Waals surface area contributed by atoms with Crippen LogP contribution in [0.5, 0.6) is 0 Å². The molecule has 0 unspecified atom stereocenters. The number of hydrogen-bond acceptors (Lipinski definition) is 1. The summed E-state index contributed by atoms with van der Waals surface area (Å²) in [5.41, 5.74) is 1.45. The van der Waals surface area contributed by atoms with Gasteiger partial charge < -0.3 is 4.74 Å². The number of hydrogen-bond donors (Lipinski definition) is 0. The van der Waals surface area contributed by atoms with Crippen molar-refractivity contribution in [2.45, 2.75) is 44.1 Å². The molecule has 2 rings (SSSR count). The Morgan fingerprint density at radius 2 is 1.75 bits per heavy atom. The fraction of sp³-hybridized carbons (Fsp3) is 0.571. The van der Waals surface area contributed by atoms with Crippen molar-refractivity contribution in [3.63, 3.8) is 0 Å². The lowest BCUT2D eigenvalue weighted by Gasteiger charge is -2.37. The first-order valence-corrected chi connectivity index (χ1v) is 5.93. The fourth-order valence-electron chi connectivity index (χ4n) is 2.61. The Kier molecular flexibility index (Phi) is 3.29. The zero-order valence-electron chi connectivity index (χ0n) is 10.0. The van der Waals surface area contributed by atoms with Gasteiger partial charge in [0.05, 0.1) is 6.10 Å². The molecule has 0 bridgehead atoms. The summed E-state index contributed by atoms with van der Waals surface area (Å²) < 4.78 is 18.3. The third kappa shape index (κ3) is 2.27. The molecule has 0 N–H and O–H groups in total. The molecule has 0 aromatic heterocycles. The van der Waals surface area contributed by atoms with Crippen LogP contribution < -0.4 is 0 Å². The van der Waals surface area contributed by atoms with Gasteiger partial charge in [-0.15, -0.1) is 0 Å². The highest BCUT2D eigenvalue weighted by atomic mass is 19.1. The van der Waals surface area contributed by atoms with Crippen LogP contribution >= 0.6 is 0 Å². The van der Waals surface area contributed by atoms with Crippen LogP contribution in [0.15, 0.2) is 24.3 Å². The Balaban J connectivity index is 2.11. The lowest BCUT2D eigenvalue weighted by Crippen LogP contribution is -2.31. The summed E-state index contributed by atoms with van der Waals surface area (Å²) in [5, 5.41) is 0. The molecule has 1 aromatic rings. The molecule has 2 heteroatoms. The van der Waals surface area contributed by atoms with Crippen LogP contribution in [0.1, 0.15) is 38.2 Å². The molecule has 16 heavy (non-hydrogen) atoms. The molecule has 1 nitrogen and oxygen atoms in total. The highest BCUT2D eigenvalue weighted by Crippen LogP contribution is 2.39. The van der Waals surface area contributed by atoms with Gasteiger partial charge in [0, 0.05) is 7.11 Å². The van der Waals surface area contributed by atoms with Gasteiger partial charge in [-0.05, 0) is 48.8 Å². The molecule has 1 aliphatic rings. The average Bonchev–Trinajstić information content (AvgIpc) is 2.31.